The Morgan fingerprint density at radius 3 is 1.31 bits per heavy atom. The molecule has 0 radical (unpaired) electrons. The molecule has 0 bridgehead atoms. The first kappa shape index (κ1) is 68.9. The number of amides is 1. The first-order chi connectivity index (χ1) is 34.5. The number of aliphatic hydroxyl groups is 1. The lowest BCUT2D eigenvalue weighted by Gasteiger charge is -2.29. The molecule has 0 saturated heterocycles. The van der Waals surface area contributed by atoms with E-state index < -0.39 is 26.6 Å². The van der Waals surface area contributed by atoms with E-state index in [1.54, 1.807) is 6.08 Å². The summed E-state index contributed by atoms with van der Waals surface area (Å²) < 4.78 is 23.3. The lowest BCUT2D eigenvalue weighted by molar-refractivity contribution is -0.870. The maximum absolute atomic E-state index is 12.9. The van der Waals surface area contributed by atoms with E-state index in [9.17, 15) is 19.4 Å². The largest absolute Gasteiger partial charge is 0.756 e. The molecule has 0 aromatic rings. The van der Waals surface area contributed by atoms with Crippen molar-refractivity contribution >= 4 is 13.7 Å². The predicted octanol–water partition coefficient (Wildman–Crippen LogP) is 17.6. The van der Waals surface area contributed by atoms with Crippen LogP contribution in [0.3, 0.4) is 0 Å². The molecule has 1 amide bonds. The Morgan fingerprint density at radius 1 is 0.507 bits per heavy atom. The van der Waals surface area contributed by atoms with Crippen molar-refractivity contribution in [3.63, 3.8) is 0 Å². The van der Waals surface area contributed by atoms with Crippen LogP contribution in [-0.4, -0.2) is 68.5 Å². The van der Waals surface area contributed by atoms with Crippen LogP contribution in [0.4, 0.5) is 0 Å². The van der Waals surface area contributed by atoms with Gasteiger partial charge >= 0.3 is 0 Å². The highest BCUT2D eigenvalue weighted by molar-refractivity contribution is 7.45. The molecule has 414 valence electrons. The number of phosphoric ester groups is 1. The average molecular weight is 1020 g/mol. The lowest BCUT2D eigenvalue weighted by atomic mass is 10.0. The van der Waals surface area contributed by atoms with E-state index >= 15 is 0 Å². The van der Waals surface area contributed by atoms with Gasteiger partial charge in [-0.25, -0.2) is 0 Å². The van der Waals surface area contributed by atoms with Crippen molar-refractivity contribution in [1.82, 2.24) is 5.32 Å². The molecular formula is C62H115N2O6P. The van der Waals surface area contributed by atoms with E-state index in [1.807, 2.05) is 27.2 Å². The summed E-state index contributed by atoms with van der Waals surface area (Å²) in [7, 11) is 1.25. The Labute approximate surface area is 440 Å². The number of carbonyl (C=O) groups excluding carboxylic acids is 1. The summed E-state index contributed by atoms with van der Waals surface area (Å²) in [5.74, 6) is -0.206. The molecule has 71 heavy (non-hydrogen) atoms. The van der Waals surface area contributed by atoms with E-state index in [2.05, 4.69) is 79.9 Å². The quantitative estimate of drug-likeness (QED) is 0.0272. The number of unbranched alkanes of at least 4 members (excludes halogenated alkanes) is 31. The third-order valence-electron chi connectivity index (χ3n) is 13.2. The minimum absolute atomic E-state index is 0.00673. The van der Waals surface area contributed by atoms with Crippen LogP contribution < -0.4 is 10.2 Å². The van der Waals surface area contributed by atoms with Gasteiger partial charge in [-0.15, -0.1) is 0 Å². The first-order valence-electron chi connectivity index (χ1n) is 29.8. The van der Waals surface area contributed by atoms with Gasteiger partial charge in [-0.3, -0.25) is 9.36 Å². The number of aliphatic hydroxyl groups excluding tert-OH is 1. The summed E-state index contributed by atoms with van der Waals surface area (Å²) in [5, 5.41) is 13.8. The fourth-order valence-electron chi connectivity index (χ4n) is 8.51. The van der Waals surface area contributed by atoms with Gasteiger partial charge in [0.15, 0.2) is 0 Å². The van der Waals surface area contributed by atoms with Gasteiger partial charge in [0, 0.05) is 6.42 Å². The highest BCUT2D eigenvalue weighted by Gasteiger charge is 2.23. The Morgan fingerprint density at radius 2 is 0.873 bits per heavy atom. The lowest BCUT2D eigenvalue weighted by Crippen LogP contribution is -2.45. The highest BCUT2D eigenvalue weighted by atomic mass is 31.2. The van der Waals surface area contributed by atoms with Gasteiger partial charge in [0.25, 0.3) is 7.82 Å². The summed E-state index contributed by atoms with van der Waals surface area (Å²) in [6, 6.07) is -0.903. The number of phosphoric acid groups is 1. The second kappa shape index (κ2) is 52.8. The van der Waals surface area contributed by atoms with Crippen molar-refractivity contribution in [2.24, 2.45) is 0 Å². The average Bonchev–Trinajstić information content (AvgIpc) is 3.33. The van der Waals surface area contributed by atoms with Crippen molar-refractivity contribution in [2.75, 3.05) is 40.9 Å². The van der Waals surface area contributed by atoms with Crippen LogP contribution in [0.25, 0.3) is 0 Å². The number of hydrogen-bond acceptors (Lipinski definition) is 6. The van der Waals surface area contributed by atoms with Crippen LogP contribution in [0.5, 0.6) is 0 Å². The fourth-order valence-corrected chi connectivity index (χ4v) is 9.24. The molecule has 0 aromatic carbocycles. The molecule has 0 heterocycles. The number of nitrogens with one attached hydrogen (secondary N) is 1. The molecule has 0 aliphatic carbocycles. The second-order valence-electron chi connectivity index (χ2n) is 21.3. The number of hydrogen-bond donors (Lipinski definition) is 2. The van der Waals surface area contributed by atoms with Crippen LogP contribution in [0.15, 0.2) is 72.9 Å². The van der Waals surface area contributed by atoms with E-state index in [1.165, 1.54) is 180 Å². The van der Waals surface area contributed by atoms with E-state index in [4.69, 9.17) is 9.05 Å². The van der Waals surface area contributed by atoms with Crippen LogP contribution in [0, 0.1) is 0 Å². The van der Waals surface area contributed by atoms with Crippen molar-refractivity contribution in [3.8, 4) is 0 Å². The summed E-state index contributed by atoms with van der Waals surface area (Å²) in [4.78, 5) is 25.5. The standard InChI is InChI=1S/C62H115N2O6P/c1-6-8-10-12-14-16-18-20-22-23-24-25-26-27-28-29-30-31-32-33-34-35-36-37-38-39-40-41-42-44-46-48-50-52-54-56-62(66)63-60(59-70-71(67,68)69-58-57-64(3,4)5)61(65)55-53-51-49-47-45-43-21-19-17-15-13-11-9-7-2/h8,10,14,16,20,22,24-25,45,47,53,55,60-61,65H,6-7,9,11-13,15,17-19,21,23,26-44,46,48-52,54,56-59H2,1-5H3,(H-,63,66,67,68)/b10-8-,16-14-,22-20-,25-24-,47-45+,55-53+. The molecule has 0 saturated carbocycles. The minimum Gasteiger partial charge on any atom is -0.756 e. The van der Waals surface area contributed by atoms with E-state index in [0.717, 1.165) is 64.2 Å². The van der Waals surface area contributed by atoms with Crippen molar-refractivity contribution in [3.05, 3.63) is 72.9 Å². The predicted molar refractivity (Wildman–Crippen MR) is 307 cm³/mol. The molecule has 0 fully saturated rings. The SMILES string of the molecule is CC/C=C\C/C=C\C/C=C\C/C=C\CCCCCCCCCCCCCCCCCCCCCCCCC(=O)NC(COP(=O)([O-])OCC[N+](C)(C)C)C(O)/C=C/CC/C=C/CCCCCCCCCC. The molecule has 0 spiro atoms. The van der Waals surface area contributed by atoms with Crippen LogP contribution in [-0.2, 0) is 18.4 Å². The summed E-state index contributed by atoms with van der Waals surface area (Å²) in [6.45, 7) is 4.52. The van der Waals surface area contributed by atoms with Crippen LogP contribution >= 0.6 is 7.82 Å². The second-order valence-corrected chi connectivity index (χ2v) is 22.7. The molecule has 3 atom stereocenters. The molecule has 0 rings (SSSR count). The molecule has 3 unspecified atom stereocenters. The molecular weight excluding hydrogens is 900 g/mol. The zero-order chi connectivity index (χ0) is 52.0. The number of nitrogens with zero attached hydrogens (tertiary/aromatic N) is 1. The zero-order valence-electron chi connectivity index (χ0n) is 47.2. The van der Waals surface area contributed by atoms with Crippen molar-refractivity contribution in [2.45, 2.75) is 276 Å². The number of rotatable bonds is 54. The van der Waals surface area contributed by atoms with Gasteiger partial charge in [-0.1, -0.05) is 260 Å². The Bertz CT molecular complexity index is 1380. The van der Waals surface area contributed by atoms with E-state index in [0.29, 0.717) is 17.4 Å². The van der Waals surface area contributed by atoms with Crippen LogP contribution in [0.1, 0.15) is 264 Å². The van der Waals surface area contributed by atoms with Gasteiger partial charge in [-0.2, -0.15) is 0 Å². The highest BCUT2D eigenvalue weighted by Crippen LogP contribution is 2.38. The van der Waals surface area contributed by atoms with Crippen LogP contribution in [0.2, 0.25) is 0 Å². The molecule has 0 aliphatic rings. The summed E-state index contributed by atoms with van der Waals surface area (Å²) in [5.41, 5.74) is 0. The minimum atomic E-state index is -4.60. The van der Waals surface area contributed by atoms with Gasteiger partial charge in [0.2, 0.25) is 5.91 Å². The number of allylic oxidation sites excluding steroid dienone is 11. The Kier molecular flexibility index (Phi) is 51.3. The third-order valence-corrected chi connectivity index (χ3v) is 14.1. The monoisotopic (exact) mass is 1010 g/mol. The van der Waals surface area contributed by atoms with Gasteiger partial charge in [-0.05, 0) is 70.6 Å². The van der Waals surface area contributed by atoms with Crippen molar-refractivity contribution in [1.29, 1.82) is 0 Å². The number of likely N-dealkylation sites (N-methyl/N-ethyl adjacent to an activating group) is 1. The topological polar surface area (TPSA) is 108 Å². The smallest absolute Gasteiger partial charge is 0.268 e. The fraction of sp³-hybridized carbons (Fsp3) is 0.790. The molecule has 8 nitrogen and oxygen atoms in total. The number of carbonyl (C=O) groups is 1. The zero-order valence-corrected chi connectivity index (χ0v) is 48.1. The maximum atomic E-state index is 12.9. The Hall–Kier alpha value is -2.06. The summed E-state index contributed by atoms with van der Waals surface area (Å²) >= 11 is 0. The molecule has 0 aliphatic heterocycles. The third kappa shape index (κ3) is 55.5. The molecule has 0 aromatic heterocycles. The number of quaternary nitrogens is 1. The molecule has 2 N–H and O–H groups in total. The first-order valence-corrected chi connectivity index (χ1v) is 31.3. The van der Waals surface area contributed by atoms with Gasteiger partial charge in [0.05, 0.1) is 39.9 Å². The summed E-state index contributed by atoms with van der Waals surface area (Å²) in [6.07, 6.45) is 72.9. The normalized spacial score (nSPS) is 14.4. The van der Waals surface area contributed by atoms with E-state index in [-0.39, 0.29) is 12.5 Å². The van der Waals surface area contributed by atoms with Gasteiger partial charge < -0.3 is 28.8 Å². The van der Waals surface area contributed by atoms with Crippen molar-refractivity contribution < 1.29 is 32.9 Å². The Balaban J connectivity index is 4.00. The van der Waals surface area contributed by atoms with Gasteiger partial charge in [0.1, 0.15) is 13.2 Å². The maximum Gasteiger partial charge on any atom is 0.268 e. The molecule has 9 heteroatoms.